The van der Waals surface area contributed by atoms with E-state index in [0.29, 0.717) is 27.6 Å². The highest BCUT2D eigenvalue weighted by molar-refractivity contribution is 9.10. The van der Waals surface area contributed by atoms with E-state index >= 15 is 0 Å². The van der Waals surface area contributed by atoms with Crippen LogP contribution >= 0.6 is 15.9 Å². The van der Waals surface area contributed by atoms with Crippen LogP contribution < -0.4 is 10.6 Å². The summed E-state index contributed by atoms with van der Waals surface area (Å²) < 4.78 is 0.683. The van der Waals surface area contributed by atoms with E-state index in [1.807, 2.05) is 6.07 Å². The van der Waals surface area contributed by atoms with Crippen molar-refractivity contribution in [3.8, 4) is 11.5 Å². The SMILES string of the molecule is Oc1cccc(Nc2ncc(Br)c(Nc3cccc(O)c3)n2)c1. The molecule has 3 aromatic rings. The van der Waals surface area contributed by atoms with Gasteiger partial charge in [-0.15, -0.1) is 0 Å². The molecule has 0 aliphatic heterocycles. The van der Waals surface area contributed by atoms with Crippen molar-refractivity contribution in [3.05, 3.63) is 59.2 Å². The second-order valence-corrected chi connectivity index (χ2v) is 5.60. The molecule has 23 heavy (non-hydrogen) atoms. The van der Waals surface area contributed by atoms with E-state index in [2.05, 4.69) is 36.5 Å². The lowest BCUT2D eigenvalue weighted by Crippen LogP contribution is -2.01. The summed E-state index contributed by atoms with van der Waals surface area (Å²) in [4.78, 5) is 8.56. The molecular formula is C16H13BrN4O2. The van der Waals surface area contributed by atoms with Crippen molar-refractivity contribution >= 4 is 39.1 Å². The van der Waals surface area contributed by atoms with Crippen molar-refractivity contribution in [2.45, 2.75) is 0 Å². The molecule has 6 nitrogen and oxygen atoms in total. The van der Waals surface area contributed by atoms with Gasteiger partial charge < -0.3 is 20.8 Å². The summed E-state index contributed by atoms with van der Waals surface area (Å²) in [6.07, 6.45) is 1.61. The molecule has 0 spiro atoms. The number of halogens is 1. The first-order chi connectivity index (χ1) is 11.1. The maximum Gasteiger partial charge on any atom is 0.229 e. The third-order valence-electron chi connectivity index (χ3n) is 2.96. The molecule has 0 radical (unpaired) electrons. The fourth-order valence-corrected chi connectivity index (χ4v) is 2.24. The van der Waals surface area contributed by atoms with Gasteiger partial charge in [0.2, 0.25) is 5.95 Å². The molecule has 0 bridgehead atoms. The number of hydrogen-bond donors (Lipinski definition) is 4. The van der Waals surface area contributed by atoms with Gasteiger partial charge in [-0.2, -0.15) is 4.98 Å². The zero-order valence-corrected chi connectivity index (χ0v) is 13.4. The molecule has 1 aromatic heterocycles. The summed E-state index contributed by atoms with van der Waals surface area (Å²) in [6.45, 7) is 0. The number of aromatic nitrogens is 2. The second-order valence-electron chi connectivity index (χ2n) is 4.74. The van der Waals surface area contributed by atoms with Crippen molar-refractivity contribution in [2.24, 2.45) is 0 Å². The van der Waals surface area contributed by atoms with Crippen LogP contribution in [0.1, 0.15) is 0 Å². The summed E-state index contributed by atoms with van der Waals surface area (Å²) in [5.41, 5.74) is 1.38. The van der Waals surface area contributed by atoms with Crippen molar-refractivity contribution in [2.75, 3.05) is 10.6 Å². The number of benzene rings is 2. The molecule has 4 N–H and O–H groups in total. The Kier molecular flexibility index (Phi) is 4.29. The first-order valence-corrected chi connectivity index (χ1v) is 7.54. The van der Waals surface area contributed by atoms with Crippen LogP contribution in [0.15, 0.2) is 59.2 Å². The van der Waals surface area contributed by atoms with E-state index in [-0.39, 0.29) is 11.5 Å². The number of hydrogen-bond acceptors (Lipinski definition) is 6. The second kappa shape index (κ2) is 6.53. The minimum atomic E-state index is 0.158. The van der Waals surface area contributed by atoms with Gasteiger partial charge >= 0.3 is 0 Å². The lowest BCUT2D eigenvalue weighted by atomic mass is 10.3. The Morgan fingerprint density at radius 2 is 1.48 bits per heavy atom. The molecule has 3 rings (SSSR count). The van der Waals surface area contributed by atoms with Crippen molar-refractivity contribution in [1.29, 1.82) is 0 Å². The van der Waals surface area contributed by atoms with Crippen LogP contribution in [0.4, 0.5) is 23.1 Å². The van der Waals surface area contributed by atoms with Crippen LogP contribution in [0.3, 0.4) is 0 Å². The van der Waals surface area contributed by atoms with Gasteiger partial charge in [0.1, 0.15) is 17.3 Å². The molecule has 7 heteroatoms. The van der Waals surface area contributed by atoms with Gasteiger partial charge in [-0.1, -0.05) is 12.1 Å². The Labute approximate surface area is 141 Å². The Hall–Kier alpha value is -2.80. The van der Waals surface area contributed by atoms with Gasteiger partial charge in [0.05, 0.1) is 4.47 Å². The Balaban J connectivity index is 1.84. The summed E-state index contributed by atoms with van der Waals surface area (Å²) in [5.74, 6) is 1.25. The third-order valence-corrected chi connectivity index (χ3v) is 3.54. The molecule has 0 aliphatic carbocycles. The monoisotopic (exact) mass is 372 g/mol. The first kappa shape index (κ1) is 15.1. The molecule has 1 heterocycles. The normalized spacial score (nSPS) is 10.3. The van der Waals surface area contributed by atoms with Gasteiger partial charge in [0.15, 0.2) is 0 Å². The van der Waals surface area contributed by atoms with E-state index < -0.39 is 0 Å². The number of aromatic hydroxyl groups is 2. The van der Waals surface area contributed by atoms with Crippen LogP contribution in [0.25, 0.3) is 0 Å². The van der Waals surface area contributed by atoms with E-state index in [0.717, 1.165) is 0 Å². The van der Waals surface area contributed by atoms with Gasteiger partial charge in [-0.3, -0.25) is 0 Å². The summed E-state index contributed by atoms with van der Waals surface area (Å²) in [5, 5.41) is 25.1. The minimum absolute atomic E-state index is 0.158. The Morgan fingerprint density at radius 3 is 2.09 bits per heavy atom. The molecule has 116 valence electrons. The van der Waals surface area contributed by atoms with E-state index in [1.54, 1.807) is 48.7 Å². The number of phenols is 2. The maximum absolute atomic E-state index is 9.52. The molecule has 0 fully saturated rings. The lowest BCUT2D eigenvalue weighted by molar-refractivity contribution is 0.475. The predicted molar refractivity (Wildman–Crippen MR) is 92.5 cm³/mol. The Morgan fingerprint density at radius 1 is 0.870 bits per heavy atom. The first-order valence-electron chi connectivity index (χ1n) is 6.75. The summed E-state index contributed by atoms with van der Waals surface area (Å²) in [6, 6.07) is 13.4. The van der Waals surface area contributed by atoms with Crippen molar-refractivity contribution < 1.29 is 10.2 Å². The molecule has 0 aliphatic rings. The highest BCUT2D eigenvalue weighted by Gasteiger charge is 2.07. The average Bonchev–Trinajstić information content (AvgIpc) is 2.51. The van der Waals surface area contributed by atoms with E-state index in [9.17, 15) is 10.2 Å². The van der Waals surface area contributed by atoms with Crippen molar-refractivity contribution in [3.63, 3.8) is 0 Å². The molecule has 0 saturated heterocycles. The van der Waals surface area contributed by atoms with Gasteiger partial charge in [-0.05, 0) is 40.2 Å². The highest BCUT2D eigenvalue weighted by Crippen LogP contribution is 2.27. The predicted octanol–water partition coefficient (Wildman–Crippen LogP) is 4.14. The number of anilines is 4. The highest BCUT2D eigenvalue weighted by atomic mass is 79.9. The maximum atomic E-state index is 9.52. The number of rotatable bonds is 4. The average molecular weight is 373 g/mol. The van der Waals surface area contributed by atoms with Crippen molar-refractivity contribution in [1.82, 2.24) is 9.97 Å². The van der Waals surface area contributed by atoms with E-state index in [4.69, 9.17) is 0 Å². The fourth-order valence-electron chi connectivity index (χ4n) is 1.95. The smallest absolute Gasteiger partial charge is 0.229 e. The molecule has 0 unspecified atom stereocenters. The van der Waals surface area contributed by atoms with Crippen LogP contribution in [-0.4, -0.2) is 20.2 Å². The lowest BCUT2D eigenvalue weighted by Gasteiger charge is -2.10. The van der Waals surface area contributed by atoms with Crippen LogP contribution in [-0.2, 0) is 0 Å². The zero-order valence-electron chi connectivity index (χ0n) is 11.9. The Bertz CT molecular complexity index is 842. The minimum Gasteiger partial charge on any atom is -0.508 e. The molecule has 0 saturated carbocycles. The molecule has 0 amide bonds. The standard InChI is InChI=1S/C16H13BrN4O2/c17-14-9-18-16(20-11-4-2-6-13(23)8-11)21-15(14)19-10-3-1-5-12(22)7-10/h1-9,22-23H,(H2,18,19,20,21). The number of nitrogens with one attached hydrogen (secondary N) is 2. The zero-order chi connectivity index (χ0) is 16.2. The quantitative estimate of drug-likeness (QED) is 0.550. The van der Waals surface area contributed by atoms with Crippen LogP contribution in [0.2, 0.25) is 0 Å². The molecular weight excluding hydrogens is 360 g/mol. The molecule has 0 atom stereocenters. The van der Waals surface area contributed by atoms with Crippen LogP contribution in [0, 0.1) is 0 Å². The number of phenolic OH excluding ortho intramolecular Hbond substituents is 2. The van der Waals surface area contributed by atoms with Gasteiger partial charge in [0, 0.05) is 29.7 Å². The largest absolute Gasteiger partial charge is 0.508 e. The summed E-state index contributed by atoms with van der Waals surface area (Å²) >= 11 is 3.39. The number of nitrogens with zero attached hydrogens (tertiary/aromatic N) is 2. The third kappa shape index (κ3) is 3.89. The fraction of sp³-hybridized carbons (Fsp3) is 0. The van der Waals surface area contributed by atoms with Crippen LogP contribution in [0.5, 0.6) is 11.5 Å². The topological polar surface area (TPSA) is 90.3 Å². The van der Waals surface area contributed by atoms with Gasteiger partial charge in [0.25, 0.3) is 0 Å². The van der Waals surface area contributed by atoms with Gasteiger partial charge in [-0.25, -0.2) is 4.98 Å². The summed E-state index contributed by atoms with van der Waals surface area (Å²) in [7, 11) is 0. The molecule has 2 aromatic carbocycles. The van der Waals surface area contributed by atoms with E-state index in [1.165, 1.54) is 0 Å².